The molecular formula is C12H24N2O5. The van der Waals surface area contributed by atoms with Crippen LogP contribution < -0.4 is 5.73 Å². The van der Waals surface area contributed by atoms with Gasteiger partial charge in [-0.2, -0.15) is 0 Å². The summed E-state index contributed by atoms with van der Waals surface area (Å²) in [5.41, 5.74) is 5.30. The fourth-order valence-electron chi connectivity index (χ4n) is 1.37. The lowest BCUT2D eigenvalue weighted by Gasteiger charge is -2.20. The van der Waals surface area contributed by atoms with E-state index in [1.165, 1.54) is 0 Å². The molecule has 0 amide bonds. The summed E-state index contributed by atoms with van der Waals surface area (Å²) < 4.78 is 14.9. The van der Waals surface area contributed by atoms with E-state index in [-0.39, 0.29) is 25.0 Å². The highest BCUT2D eigenvalue weighted by atomic mass is 16.5. The summed E-state index contributed by atoms with van der Waals surface area (Å²) in [7, 11) is 0. The van der Waals surface area contributed by atoms with Crippen molar-refractivity contribution in [3.63, 3.8) is 0 Å². The number of nitrogens with zero attached hydrogens (tertiary/aromatic N) is 1. The number of hydrogen-bond acceptors (Lipinski definition) is 7. The summed E-state index contributed by atoms with van der Waals surface area (Å²) in [6, 6.07) is 0. The van der Waals surface area contributed by atoms with Gasteiger partial charge < -0.3 is 19.9 Å². The second-order valence-electron chi connectivity index (χ2n) is 3.72. The van der Waals surface area contributed by atoms with Gasteiger partial charge in [-0.15, -0.1) is 0 Å². The average molecular weight is 276 g/mol. The third-order valence-corrected chi connectivity index (χ3v) is 2.13. The van der Waals surface area contributed by atoms with Crippen LogP contribution in [0.15, 0.2) is 0 Å². The van der Waals surface area contributed by atoms with Gasteiger partial charge in [0.05, 0.1) is 39.5 Å². The SMILES string of the molecule is CCOC(=O)CN(CCOCCN)CC(=O)OCC. The highest BCUT2D eigenvalue weighted by molar-refractivity contribution is 5.75. The standard InChI is InChI=1S/C12H24N2O5/c1-3-18-11(15)9-14(6-8-17-7-5-13)10-12(16)19-4-2/h3-10,13H2,1-2H3. The van der Waals surface area contributed by atoms with E-state index < -0.39 is 0 Å². The van der Waals surface area contributed by atoms with Gasteiger partial charge in [0.1, 0.15) is 0 Å². The molecule has 0 radical (unpaired) electrons. The normalized spacial score (nSPS) is 10.5. The molecule has 0 heterocycles. The van der Waals surface area contributed by atoms with Crippen LogP contribution in [0.25, 0.3) is 0 Å². The largest absolute Gasteiger partial charge is 0.465 e. The van der Waals surface area contributed by atoms with Crippen molar-refractivity contribution in [2.45, 2.75) is 13.8 Å². The van der Waals surface area contributed by atoms with Crippen LogP contribution in [0.3, 0.4) is 0 Å². The molecule has 0 aliphatic heterocycles. The van der Waals surface area contributed by atoms with E-state index in [0.717, 1.165) is 0 Å². The summed E-state index contributed by atoms with van der Waals surface area (Å²) in [4.78, 5) is 24.4. The second kappa shape index (κ2) is 11.9. The topological polar surface area (TPSA) is 91.1 Å². The lowest BCUT2D eigenvalue weighted by molar-refractivity contribution is -0.148. The fourth-order valence-corrected chi connectivity index (χ4v) is 1.37. The quantitative estimate of drug-likeness (QED) is 0.397. The van der Waals surface area contributed by atoms with E-state index in [0.29, 0.717) is 39.5 Å². The Balaban J connectivity index is 4.13. The van der Waals surface area contributed by atoms with Gasteiger partial charge in [-0.05, 0) is 13.8 Å². The fraction of sp³-hybridized carbons (Fsp3) is 0.833. The monoisotopic (exact) mass is 276 g/mol. The third kappa shape index (κ3) is 10.4. The molecule has 0 saturated carbocycles. The van der Waals surface area contributed by atoms with Crippen LogP contribution in [0.2, 0.25) is 0 Å². The average Bonchev–Trinajstić information content (AvgIpc) is 2.35. The molecule has 0 fully saturated rings. The molecule has 0 aliphatic rings. The molecule has 0 rings (SSSR count). The summed E-state index contributed by atoms with van der Waals surface area (Å²) in [6.07, 6.45) is 0. The van der Waals surface area contributed by atoms with Crippen LogP contribution in [0.4, 0.5) is 0 Å². The van der Waals surface area contributed by atoms with E-state index >= 15 is 0 Å². The molecule has 0 unspecified atom stereocenters. The van der Waals surface area contributed by atoms with Crippen LogP contribution in [-0.4, -0.2) is 69.4 Å². The first kappa shape index (κ1) is 17.8. The van der Waals surface area contributed by atoms with Crippen molar-refractivity contribution in [1.82, 2.24) is 4.90 Å². The number of esters is 2. The third-order valence-electron chi connectivity index (χ3n) is 2.13. The lowest BCUT2D eigenvalue weighted by Crippen LogP contribution is -2.38. The molecule has 7 nitrogen and oxygen atoms in total. The number of nitrogens with two attached hydrogens (primary N) is 1. The van der Waals surface area contributed by atoms with Crippen molar-refractivity contribution >= 4 is 11.9 Å². The Morgan fingerprint density at radius 2 is 1.53 bits per heavy atom. The summed E-state index contributed by atoms with van der Waals surface area (Å²) in [5.74, 6) is -0.740. The Hall–Kier alpha value is -1.18. The van der Waals surface area contributed by atoms with Crippen LogP contribution in [0.1, 0.15) is 13.8 Å². The molecule has 0 aromatic rings. The maximum Gasteiger partial charge on any atom is 0.320 e. The maximum atomic E-state index is 11.4. The van der Waals surface area contributed by atoms with Gasteiger partial charge in [-0.3, -0.25) is 14.5 Å². The predicted molar refractivity (Wildman–Crippen MR) is 69.6 cm³/mol. The minimum Gasteiger partial charge on any atom is -0.465 e. The van der Waals surface area contributed by atoms with E-state index in [1.54, 1.807) is 18.7 Å². The number of carbonyl (C=O) groups excluding carboxylic acids is 2. The molecule has 0 atom stereocenters. The summed E-state index contributed by atoms with van der Waals surface area (Å²) >= 11 is 0. The van der Waals surface area contributed by atoms with Crippen LogP contribution in [0, 0.1) is 0 Å². The molecule has 0 spiro atoms. The summed E-state index contributed by atoms with van der Waals surface area (Å²) in [6.45, 7) is 5.91. The van der Waals surface area contributed by atoms with E-state index in [1.807, 2.05) is 0 Å². The zero-order valence-corrected chi connectivity index (χ0v) is 11.7. The first-order valence-corrected chi connectivity index (χ1v) is 6.45. The van der Waals surface area contributed by atoms with Gasteiger partial charge in [0.15, 0.2) is 0 Å². The Morgan fingerprint density at radius 1 is 1.00 bits per heavy atom. The molecule has 7 heteroatoms. The minimum absolute atomic E-state index is 0.0403. The van der Waals surface area contributed by atoms with Gasteiger partial charge in [-0.1, -0.05) is 0 Å². The predicted octanol–water partition coefficient (Wildman–Crippen LogP) is -0.610. The Labute approximate surface area is 114 Å². The van der Waals surface area contributed by atoms with Crippen molar-refractivity contribution < 1.29 is 23.8 Å². The van der Waals surface area contributed by atoms with Gasteiger partial charge in [0, 0.05) is 13.1 Å². The molecule has 2 N–H and O–H groups in total. The molecule has 19 heavy (non-hydrogen) atoms. The molecular weight excluding hydrogens is 252 g/mol. The van der Waals surface area contributed by atoms with Gasteiger partial charge in [0.2, 0.25) is 0 Å². The first-order chi connectivity index (χ1) is 9.13. The summed E-state index contributed by atoms with van der Waals surface area (Å²) in [5, 5.41) is 0. The van der Waals surface area contributed by atoms with Gasteiger partial charge >= 0.3 is 11.9 Å². The highest BCUT2D eigenvalue weighted by Crippen LogP contribution is 1.93. The lowest BCUT2D eigenvalue weighted by atomic mass is 10.4. The molecule has 112 valence electrons. The van der Waals surface area contributed by atoms with Gasteiger partial charge in [0.25, 0.3) is 0 Å². The molecule has 0 bridgehead atoms. The van der Waals surface area contributed by atoms with Crippen LogP contribution >= 0.6 is 0 Å². The van der Waals surface area contributed by atoms with Crippen LogP contribution in [-0.2, 0) is 23.8 Å². The van der Waals surface area contributed by atoms with Crippen molar-refractivity contribution in [2.24, 2.45) is 5.73 Å². The zero-order chi connectivity index (χ0) is 14.5. The van der Waals surface area contributed by atoms with E-state index in [2.05, 4.69) is 0 Å². The maximum absolute atomic E-state index is 11.4. The molecule has 0 aromatic heterocycles. The Kier molecular flexibility index (Phi) is 11.1. The van der Waals surface area contributed by atoms with E-state index in [9.17, 15) is 9.59 Å². The van der Waals surface area contributed by atoms with Crippen molar-refractivity contribution in [3.05, 3.63) is 0 Å². The smallest absolute Gasteiger partial charge is 0.320 e. The van der Waals surface area contributed by atoms with Crippen molar-refractivity contribution in [2.75, 3.05) is 52.6 Å². The number of rotatable bonds is 11. The molecule has 0 saturated heterocycles. The number of carbonyl (C=O) groups is 2. The Morgan fingerprint density at radius 3 is 1.95 bits per heavy atom. The zero-order valence-electron chi connectivity index (χ0n) is 11.7. The minimum atomic E-state index is -0.370. The highest BCUT2D eigenvalue weighted by Gasteiger charge is 2.15. The van der Waals surface area contributed by atoms with Crippen LogP contribution in [0.5, 0.6) is 0 Å². The van der Waals surface area contributed by atoms with Crippen molar-refractivity contribution in [1.29, 1.82) is 0 Å². The number of ether oxygens (including phenoxy) is 3. The first-order valence-electron chi connectivity index (χ1n) is 6.45. The number of hydrogen-bond donors (Lipinski definition) is 1. The Bertz CT molecular complexity index is 241. The second-order valence-corrected chi connectivity index (χ2v) is 3.72. The molecule has 0 aromatic carbocycles. The molecule has 0 aliphatic carbocycles. The van der Waals surface area contributed by atoms with E-state index in [4.69, 9.17) is 19.9 Å². The van der Waals surface area contributed by atoms with Gasteiger partial charge in [-0.25, -0.2) is 0 Å². The van der Waals surface area contributed by atoms with Crippen molar-refractivity contribution in [3.8, 4) is 0 Å².